The maximum atomic E-state index is 13.0. The number of hydrogen-bond acceptors (Lipinski definition) is 2. The Balaban J connectivity index is 2.88. The number of nitrogens with one attached hydrogen (secondary N) is 1. The van der Waals surface area contributed by atoms with Crippen molar-refractivity contribution in [2.75, 3.05) is 19.3 Å². The Morgan fingerprint density at radius 1 is 1.47 bits per heavy atom. The van der Waals surface area contributed by atoms with Gasteiger partial charge in [0.1, 0.15) is 5.82 Å². The van der Waals surface area contributed by atoms with Crippen molar-refractivity contribution in [2.24, 2.45) is 0 Å². The predicted octanol–water partition coefficient (Wildman–Crippen LogP) is 1.68. The van der Waals surface area contributed by atoms with Crippen LogP contribution in [-0.2, 0) is 0 Å². The summed E-state index contributed by atoms with van der Waals surface area (Å²) in [6.45, 7) is 2.60. The highest BCUT2D eigenvalue weighted by Crippen LogP contribution is 2.17. The second kappa shape index (κ2) is 5.38. The zero-order chi connectivity index (χ0) is 11.3. The molecule has 0 saturated heterocycles. The molecular formula is C12H15FN2. The number of anilines is 1. The van der Waals surface area contributed by atoms with Gasteiger partial charge in [0.25, 0.3) is 0 Å². The van der Waals surface area contributed by atoms with Crippen LogP contribution in [0, 0.1) is 24.6 Å². The first-order valence-electron chi connectivity index (χ1n) is 4.84. The van der Waals surface area contributed by atoms with Crippen LogP contribution in [0.15, 0.2) is 12.1 Å². The fourth-order valence-electron chi connectivity index (χ4n) is 1.20. The number of aryl methyl sites for hydroxylation is 1. The predicted molar refractivity (Wildman–Crippen MR) is 61.0 cm³/mol. The maximum Gasteiger partial charge on any atom is 0.124 e. The van der Waals surface area contributed by atoms with Gasteiger partial charge in [-0.15, -0.1) is 0 Å². The van der Waals surface area contributed by atoms with Crippen molar-refractivity contribution in [3.63, 3.8) is 0 Å². The highest BCUT2D eigenvalue weighted by Gasteiger charge is 2.02. The van der Waals surface area contributed by atoms with Gasteiger partial charge in [-0.05, 0) is 31.7 Å². The molecule has 0 radical (unpaired) electrons. The lowest BCUT2D eigenvalue weighted by Crippen LogP contribution is -2.06. The molecule has 1 aromatic rings. The van der Waals surface area contributed by atoms with Crippen molar-refractivity contribution in [3.8, 4) is 11.8 Å². The first-order chi connectivity index (χ1) is 7.15. The molecule has 0 atom stereocenters. The van der Waals surface area contributed by atoms with E-state index in [2.05, 4.69) is 17.2 Å². The Labute approximate surface area is 89.7 Å². The minimum atomic E-state index is -0.292. The summed E-state index contributed by atoms with van der Waals surface area (Å²) in [5.74, 6) is 5.52. The molecule has 3 N–H and O–H groups in total. The van der Waals surface area contributed by atoms with E-state index >= 15 is 0 Å². The van der Waals surface area contributed by atoms with Gasteiger partial charge >= 0.3 is 0 Å². The molecule has 15 heavy (non-hydrogen) atoms. The van der Waals surface area contributed by atoms with Gasteiger partial charge in [-0.3, -0.25) is 0 Å². The van der Waals surface area contributed by atoms with Crippen LogP contribution >= 0.6 is 0 Å². The van der Waals surface area contributed by atoms with Gasteiger partial charge in [-0.2, -0.15) is 0 Å². The third kappa shape index (κ3) is 3.26. The first-order valence-corrected chi connectivity index (χ1v) is 4.84. The van der Waals surface area contributed by atoms with Crippen molar-refractivity contribution >= 4 is 5.69 Å². The van der Waals surface area contributed by atoms with Crippen LogP contribution < -0.4 is 11.1 Å². The first kappa shape index (κ1) is 11.5. The lowest BCUT2D eigenvalue weighted by molar-refractivity contribution is 0.626. The Hall–Kier alpha value is -1.53. The summed E-state index contributed by atoms with van der Waals surface area (Å²) in [5.41, 5.74) is 7.65. The number of rotatable bonds is 2. The molecule has 0 aliphatic rings. The molecule has 0 saturated carbocycles. The molecule has 0 aromatic heterocycles. The molecule has 0 aliphatic heterocycles. The summed E-state index contributed by atoms with van der Waals surface area (Å²) in [6, 6.07) is 2.78. The number of nitrogen functional groups attached to an aromatic ring is 1. The third-order valence-corrected chi connectivity index (χ3v) is 2.07. The maximum absolute atomic E-state index is 13.0. The summed E-state index contributed by atoms with van der Waals surface area (Å²) in [6.07, 6.45) is 0.728. The monoisotopic (exact) mass is 206 g/mol. The van der Waals surface area contributed by atoms with E-state index in [-0.39, 0.29) is 5.82 Å². The van der Waals surface area contributed by atoms with E-state index in [9.17, 15) is 4.39 Å². The van der Waals surface area contributed by atoms with Crippen LogP contribution in [-0.4, -0.2) is 13.6 Å². The lowest BCUT2D eigenvalue weighted by atomic mass is 10.1. The van der Waals surface area contributed by atoms with E-state index in [1.807, 2.05) is 7.05 Å². The fraction of sp³-hybridized carbons (Fsp3) is 0.333. The molecule has 0 amide bonds. The van der Waals surface area contributed by atoms with Crippen molar-refractivity contribution < 1.29 is 4.39 Å². The number of halogens is 1. The smallest absolute Gasteiger partial charge is 0.124 e. The normalized spacial score (nSPS) is 9.53. The van der Waals surface area contributed by atoms with Crippen molar-refractivity contribution in [1.29, 1.82) is 0 Å². The van der Waals surface area contributed by atoms with E-state index < -0.39 is 0 Å². The molecule has 0 unspecified atom stereocenters. The number of nitrogens with two attached hydrogens (primary N) is 1. The molecule has 2 nitrogen and oxygen atoms in total. The van der Waals surface area contributed by atoms with Gasteiger partial charge < -0.3 is 11.1 Å². The summed E-state index contributed by atoms with van der Waals surface area (Å²) in [7, 11) is 1.86. The molecule has 3 heteroatoms. The van der Waals surface area contributed by atoms with Gasteiger partial charge in [0, 0.05) is 13.0 Å². The molecule has 0 aliphatic carbocycles. The highest BCUT2D eigenvalue weighted by atomic mass is 19.1. The summed E-state index contributed by atoms with van der Waals surface area (Å²) in [4.78, 5) is 0. The molecule has 0 fully saturated rings. The largest absolute Gasteiger partial charge is 0.397 e. The van der Waals surface area contributed by atoms with Gasteiger partial charge in [-0.1, -0.05) is 11.8 Å². The lowest BCUT2D eigenvalue weighted by Gasteiger charge is -2.02. The van der Waals surface area contributed by atoms with Crippen molar-refractivity contribution in [3.05, 3.63) is 29.1 Å². The summed E-state index contributed by atoms with van der Waals surface area (Å²) in [5, 5.41) is 2.98. The van der Waals surface area contributed by atoms with E-state index in [1.165, 1.54) is 12.1 Å². The van der Waals surface area contributed by atoms with Crippen LogP contribution in [0.3, 0.4) is 0 Å². The van der Waals surface area contributed by atoms with Gasteiger partial charge in [0.15, 0.2) is 0 Å². The van der Waals surface area contributed by atoms with Gasteiger partial charge in [0.05, 0.1) is 11.3 Å². The quantitative estimate of drug-likeness (QED) is 0.439. The van der Waals surface area contributed by atoms with Crippen LogP contribution in [0.1, 0.15) is 17.5 Å². The van der Waals surface area contributed by atoms with Crippen LogP contribution in [0.5, 0.6) is 0 Å². The molecule has 1 aromatic carbocycles. The van der Waals surface area contributed by atoms with E-state index in [0.29, 0.717) is 11.3 Å². The fourth-order valence-corrected chi connectivity index (χ4v) is 1.20. The van der Waals surface area contributed by atoms with Crippen molar-refractivity contribution in [2.45, 2.75) is 13.3 Å². The van der Waals surface area contributed by atoms with Gasteiger partial charge in [0.2, 0.25) is 0 Å². The van der Waals surface area contributed by atoms with E-state index in [4.69, 9.17) is 5.73 Å². The Morgan fingerprint density at radius 3 is 2.87 bits per heavy atom. The SMILES string of the molecule is CNCCC#Cc1cc(F)cc(C)c1N. The minimum absolute atomic E-state index is 0.292. The van der Waals surface area contributed by atoms with Crippen LogP contribution in [0.4, 0.5) is 10.1 Å². The molecule has 0 bridgehead atoms. The van der Waals surface area contributed by atoms with Gasteiger partial charge in [-0.25, -0.2) is 4.39 Å². The standard InChI is InChI=1S/C12H15FN2/c1-9-7-11(13)8-10(12(9)14)5-3-4-6-15-2/h7-8,15H,4,6,14H2,1-2H3. The van der Waals surface area contributed by atoms with E-state index in [0.717, 1.165) is 18.5 Å². The Morgan fingerprint density at radius 2 is 2.20 bits per heavy atom. The topological polar surface area (TPSA) is 38.0 Å². The molecule has 0 heterocycles. The zero-order valence-corrected chi connectivity index (χ0v) is 9.02. The average molecular weight is 206 g/mol. The molecule has 0 spiro atoms. The molecule has 1 rings (SSSR count). The highest BCUT2D eigenvalue weighted by molar-refractivity contribution is 5.60. The Bertz CT molecular complexity index is 402. The van der Waals surface area contributed by atoms with E-state index in [1.54, 1.807) is 6.92 Å². The van der Waals surface area contributed by atoms with Crippen LogP contribution in [0.25, 0.3) is 0 Å². The number of benzene rings is 1. The second-order valence-corrected chi connectivity index (χ2v) is 3.34. The van der Waals surface area contributed by atoms with Crippen molar-refractivity contribution in [1.82, 2.24) is 5.32 Å². The Kier molecular flexibility index (Phi) is 4.14. The summed E-state index contributed by atoms with van der Waals surface area (Å²) >= 11 is 0. The molecule has 80 valence electrons. The van der Waals surface area contributed by atoms with Crippen LogP contribution in [0.2, 0.25) is 0 Å². The summed E-state index contributed by atoms with van der Waals surface area (Å²) < 4.78 is 13.0. The average Bonchev–Trinajstić information content (AvgIpc) is 2.19. The zero-order valence-electron chi connectivity index (χ0n) is 9.02. The molecular weight excluding hydrogens is 191 g/mol. The minimum Gasteiger partial charge on any atom is -0.397 e. The number of hydrogen-bond donors (Lipinski definition) is 2. The third-order valence-electron chi connectivity index (χ3n) is 2.07. The second-order valence-electron chi connectivity index (χ2n) is 3.34.